The standard InChI is InChI=1S/C19H13FN2O3/c1-24-19(23)16-17(14-10-21-15-8-3-2-7-13(14)15)25-18(22-16)11-5-4-6-12(20)9-11/h2-10,21H,1H3. The van der Waals surface area contributed by atoms with Gasteiger partial charge in [0.15, 0.2) is 11.5 Å². The number of nitrogens with zero attached hydrogens (tertiary/aromatic N) is 1. The van der Waals surface area contributed by atoms with Gasteiger partial charge in [0, 0.05) is 28.2 Å². The first-order valence-corrected chi connectivity index (χ1v) is 7.59. The molecule has 0 aliphatic heterocycles. The van der Waals surface area contributed by atoms with Crippen LogP contribution in [0.2, 0.25) is 0 Å². The molecule has 1 N–H and O–H groups in total. The van der Waals surface area contributed by atoms with Gasteiger partial charge in [0.05, 0.1) is 7.11 Å². The number of aromatic amines is 1. The second kappa shape index (κ2) is 5.90. The SMILES string of the molecule is COC(=O)c1nc(-c2cccc(F)c2)oc1-c1c[nH]c2ccccc12. The third kappa shape index (κ3) is 2.57. The number of oxazole rings is 1. The van der Waals surface area contributed by atoms with Gasteiger partial charge >= 0.3 is 5.97 Å². The van der Waals surface area contributed by atoms with Crippen LogP contribution in [0, 0.1) is 5.82 Å². The van der Waals surface area contributed by atoms with Gasteiger partial charge in [-0.1, -0.05) is 24.3 Å². The Bertz CT molecular complexity index is 1080. The Morgan fingerprint density at radius 1 is 1.20 bits per heavy atom. The minimum Gasteiger partial charge on any atom is -0.464 e. The molecule has 0 aliphatic rings. The number of carbonyl (C=O) groups excluding carboxylic acids is 1. The molecule has 0 fully saturated rings. The molecule has 0 aliphatic carbocycles. The van der Waals surface area contributed by atoms with Gasteiger partial charge in [-0.2, -0.15) is 0 Å². The van der Waals surface area contributed by atoms with Gasteiger partial charge in [0.25, 0.3) is 0 Å². The summed E-state index contributed by atoms with van der Waals surface area (Å²) >= 11 is 0. The van der Waals surface area contributed by atoms with E-state index < -0.39 is 11.8 Å². The number of ether oxygens (including phenoxy) is 1. The summed E-state index contributed by atoms with van der Waals surface area (Å²) in [5.41, 5.74) is 2.07. The lowest BCUT2D eigenvalue weighted by Gasteiger charge is -1.98. The molecule has 2 aromatic carbocycles. The number of rotatable bonds is 3. The second-order valence-corrected chi connectivity index (χ2v) is 5.45. The molecule has 25 heavy (non-hydrogen) atoms. The maximum Gasteiger partial charge on any atom is 0.360 e. The predicted molar refractivity (Wildman–Crippen MR) is 90.5 cm³/mol. The van der Waals surface area contributed by atoms with Crippen molar-refractivity contribution in [1.82, 2.24) is 9.97 Å². The monoisotopic (exact) mass is 336 g/mol. The van der Waals surface area contributed by atoms with E-state index in [9.17, 15) is 9.18 Å². The molecule has 4 rings (SSSR count). The quantitative estimate of drug-likeness (QED) is 0.563. The van der Waals surface area contributed by atoms with Crippen molar-refractivity contribution in [2.75, 3.05) is 7.11 Å². The molecular weight excluding hydrogens is 323 g/mol. The summed E-state index contributed by atoms with van der Waals surface area (Å²) in [5.74, 6) is -0.598. The van der Waals surface area contributed by atoms with E-state index in [2.05, 4.69) is 9.97 Å². The minimum absolute atomic E-state index is 0.0477. The van der Waals surface area contributed by atoms with Crippen molar-refractivity contribution >= 4 is 16.9 Å². The number of halogens is 1. The predicted octanol–water partition coefficient (Wildman–Crippen LogP) is 4.42. The van der Waals surface area contributed by atoms with E-state index >= 15 is 0 Å². The number of aromatic nitrogens is 2. The Balaban J connectivity index is 1.93. The van der Waals surface area contributed by atoms with Crippen LogP contribution in [0.15, 0.2) is 59.1 Å². The fourth-order valence-electron chi connectivity index (χ4n) is 2.74. The lowest BCUT2D eigenvalue weighted by molar-refractivity contribution is 0.0595. The Hall–Kier alpha value is -3.41. The molecule has 0 atom stereocenters. The van der Waals surface area contributed by atoms with Gasteiger partial charge in [0.2, 0.25) is 5.89 Å². The molecule has 0 saturated heterocycles. The van der Waals surface area contributed by atoms with Crippen molar-refractivity contribution in [2.24, 2.45) is 0 Å². The van der Waals surface area contributed by atoms with Crippen LogP contribution in [-0.2, 0) is 4.74 Å². The Morgan fingerprint density at radius 3 is 2.84 bits per heavy atom. The van der Waals surface area contributed by atoms with E-state index in [0.717, 1.165) is 10.9 Å². The van der Waals surface area contributed by atoms with Crippen LogP contribution in [-0.4, -0.2) is 23.0 Å². The number of para-hydroxylation sites is 1. The van der Waals surface area contributed by atoms with Crippen LogP contribution < -0.4 is 0 Å². The van der Waals surface area contributed by atoms with Crippen LogP contribution in [0.25, 0.3) is 33.7 Å². The Labute approximate surface area is 142 Å². The second-order valence-electron chi connectivity index (χ2n) is 5.45. The van der Waals surface area contributed by atoms with Crippen molar-refractivity contribution in [3.05, 3.63) is 66.2 Å². The first-order chi connectivity index (χ1) is 12.2. The molecule has 0 bridgehead atoms. The van der Waals surface area contributed by atoms with E-state index in [-0.39, 0.29) is 17.3 Å². The zero-order valence-corrected chi connectivity index (χ0v) is 13.2. The third-order valence-electron chi connectivity index (χ3n) is 3.91. The molecule has 0 unspecified atom stereocenters. The van der Waals surface area contributed by atoms with Crippen LogP contribution in [0.1, 0.15) is 10.5 Å². The smallest absolute Gasteiger partial charge is 0.360 e. The van der Waals surface area contributed by atoms with E-state index in [1.165, 1.54) is 19.2 Å². The highest BCUT2D eigenvalue weighted by Crippen LogP contribution is 2.34. The number of esters is 1. The number of hydrogen-bond donors (Lipinski definition) is 1. The maximum atomic E-state index is 13.5. The number of hydrogen-bond acceptors (Lipinski definition) is 4. The average Bonchev–Trinajstić information content (AvgIpc) is 3.25. The minimum atomic E-state index is -0.619. The van der Waals surface area contributed by atoms with Gasteiger partial charge in [-0.15, -0.1) is 0 Å². The molecular formula is C19H13FN2O3. The number of H-pyrrole nitrogens is 1. The van der Waals surface area contributed by atoms with Crippen LogP contribution in [0.3, 0.4) is 0 Å². The summed E-state index contributed by atoms with van der Waals surface area (Å²) in [6, 6.07) is 13.5. The normalized spacial score (nSPS) is 11.0. The van der Waals surface area contributed by atoms with Crippen molar-refractivity contribution in [2.45, 2.75) is 0 Å². The van der Waals surface area contributed by atoms with Gasteiger partial charge in [-0.25, -0.2) is 14.2 Å². The molecule has 6 heteroatoms. The summed E-state index contributed by atoms with van der Waals surface area (Å²) in [6.45, 7) is 0. The lowest BCUT2D eigenvalue weighted by atomic mass is 10.1. The molecule has 2 aromatic heterocycles. The summed E-state index contributed by atoms with van der Waals surface area (Å²) in [7, 11) is 1.28. The van der Waals surface area contributed by atoms with E-state index in [4.69, 9.17) is 9.15 Å². The van der Waals surface area contributed by atoms with E-state index in [0.29, 0.717) is 11.1 Å². The van der Waals surface area contributed by atoms with E-state index in [1.807, 2.05) is 24.3 Å². The van der Waals surface area contributed by atoms with Gasteiger partial charge in [0.1, 0.15) is 5.82 Å². The molecule has 124 valence electrons. The number of carbonyl (C=O) groups is 1. The third-order valence-corrected chi connectivity index (χ3v) is 3.91. The first-order valence-electron chi connectivity index (χ1n) is 7.59. The fourth-order valence-corrected chi connectivity index (χ4v) is 2.74. The summed E-state index contributed by atoms with van der Waals surface area (Å²) in [5, 5.41) is 0.884. The van der Waals surface area contributed by atoms with Crippen LogP contribution >= 0.6 is 0 Å². The number of benzene rings is 2. The topological polar surface area (TPSA) is 68.1 Å². The van der Waals surface area contributed by atoms with Crippen LogP contribution in [0.4, 0.5) is 4.39 Å². The highest BCUT2D eigenvalue weighted by Gasteiger charge is 2.24. The Kier molecular flexibility index (Phi) is 3.57. The number of fused-ring (bicyclic) bond motifs is 1. The largest absolute Gasteiger partial charge is 0.464 e. The first kappa shape index (κ1) is 15.1. The maximum absolute atomic E-state index is 13.5. The summed E-state index contributed by atoms with van der Waals surface area (Å²) < 4.78 is 24.1. The van der Waals surface area contributed by atoms with Gasteiger partial charge < -0.3 is 14.1 Å². The highest BCUT2D eigenvalue weighted by atomic mass is 19.1. The van der Waals surface area contributed by atoms with Gasteiger partial charge in [-0.05, 0) is 24.3 Å². The van der Waals surface area contributed by atoms with E-state index in [1.54, 1.807) is 18.3 Å². The average molecular weight is 336 g/mol. The summed E-state index contributed by atoms with van der Waals surface area (Å²) in [4.78, 5) is 19.5. The molecule has 4 aromatic rings. The molecule has 0 radical (unpaired) electrons. The lowest BCUT2D eigenvalue weighted by Crippen LogP contribution is -2.03. The zero-order chi connectivity index (χ0) is 17.4. The Morgan fingerprint density at radius 2 is 2.04 bits per heavy atom. The molecule has 0 saturated carbocycles. The fraction of sp³-hybridized carbons (Fsp3) is 0.0526. The molecule has 5 nitrogen and oxygen atoms in total. The van der Waals surface area contributed by atoms with Crippen LogP contribution in [0.5, 0.6) is 0 Å². The number of nitrogens with one attached hydrogen (secondary N) is 1. The van der Waals surface area contributed by atoms with Crippen molar-refractivity contribution in [3.8, 4) is 22.8 Å². The highest BCUT2D eigenvalue weighted by molar-refractivity contribution is 6.01. The van der Waals surface area contributed by atoms with Crippen molar-refractivity contribution in [1.29, 1.82) is 0 Å². The molecule has 0 amide bonds. The zero-order valence-electron chi connectivity index (χ0n) is 13.2. The van der Waals surface area contributed by atoms with Gasteiger partial charge in [-0.3, -0.25) is 0 Å². The molecule has 2 heterocycles. The number of methoxy groups -OCH3 is 1. The van der Waals surface area contributed by atoms with Crippen molar-refractivity contribution < 1.29 is 18.3 Å². The van der Waals surface area contributed by atoms with Crippen molar-refractivity contribution in [3.63, 3.8) is 0 Å². The molecule has 0 spiro atoms. The summed E-state index contributed by atoms with van der Waals surface area (Å²) in [6.07, 6.45) is 1.74.